The van der Waals surface area contributed by atoms with Crippen LogP contribution < -0.4 is 0 Å². The molecule has 2 aliphatic rings. The molecule has 2 aromatic rings. The Morgan fingerprint density at radius 2 is 1.93 bits per heavy atom. The van der Waals surface area contributed by atoms with E-state index < -0.39 is 0 Å². The molecule has 6 heteroatoms. The van der Waals surface area contributed by atoms with Crippen LogP contribution in [0.4, 0.5) is 4.39 Å². The van der Waals surface area contributed by atoms with Crippen molar-refractivity contribution in [3.63, 3.8) is 0 Å². The molecule has 1 atom stereocenters. The highest BCUT2D eigenvalue weighted by Crippen LogP contribution is 2.41. The lowest BCUT2D eigenvalue weighted by Crippen LogP contribution is -2.40. The van der Waals surface area contributed by atoms with E-state index in [1.807, 2.05) is 35.2 Å². The van der Waals surface area contributed by atoms with Crippen LogP contribution in [0.2, 0.25) is 5.02 Å². The Kier molecular flexibility index (Phi) is 5.71. The first-order valence-corrected chi connectivity index (χ1v) is 10.7. The van der Waals surface area contributed by atoms with Crippen LogP contribution in [0.1, 0.15) is 29.3 Å². The molecule has 1 aliphatic heterocycles. The van der Waals surface area contributed by atoms with Crippen LogP contribution in [0.3, 0.4) is 0 Å². The quantitative estimate of drug-likeness (QED) is 0.696. The van der Waals surface area contributed by atoms with E-state index in [4.69, 9.17) is 11.6 Å². The minimum atomic E-state index is -0.207. The number of carbonyl (C=O) groups is 1. The van der Waals surface area contributed by atoms with E-state index >= 15 is 0 Å². The fourth-order valence-electron chi connectivity index (χ4n) is 3.52. The predicted molar refractivity (Wildman–Crippen MR) is 108 cm³/mol. The number of halogens is 2. The van der Waals surface area contributed by atoms with Gasteiger partial charge in [-0.25, -0.2) is 4.39 Å². The summed E-state index contributed by atoms with van der Waals surface area (Å²) in [7, 11) is 0. The van der Waals surface area contributed by atoms with Gasteiger partial charge in [-0.1, -0.05) is 48.0 Å². The number of rotatable bonds is 6. The lowest BCUT2D eigenvalue weighted by molar-refractivity contribution is -0.132. The summed E-state index contributed by atoms with van der Waals surface area (Å²) >= 11 is 8.11. The summed E-state index contributed by atoms with van der Waals surface area (Å²) in [6, 6.07) is 14.9. The van der Waals surface area contributed by atoms with Crippen LogP contribution in [0, 0.1) is 5.82 Å². The molecule has 1 aliphatic carbocycles. The molecule has 142 valence electrons. The molecule has 2 aromatic carbocycles. The Bertz CT molecular complexity index is 829. The highest BCUT2D eigenvalue weighted by Gasteiger charge is 2.36. The van der Waals surface area contributed by atoms with Gasteiger partial charge in [0.05, 0.1) is 6.54 Å². The number of thioether (sulfide) groups is 1. The van der Waals surface area contributed by atoms with Gasteiger partial charge in [-0.2, -0.15) is 0 Å². The van der Waals surface area contributed by atoms with Gasteiger partial charge in [0.25, 0.3) is 0 Å². The minimum absolute atomic E-state index is 0.0410. The van der Waals surface area contributed by atoms with Crippen molar-refractivity contribution in [2.45, 2.75) is 30.8 Å². The summed E-state index contributed by atoms with van der Waals surface area (Å²) in [5.74, 6) is 0.785. The van der Waals surface area contributed by atoms with Gasteiger partial charge in [-0.3, -0.25) is 9.69 Å². The summed E-state index contributed by atoms with van der Waals surface area (Å²) in [5, 5.41) is 0.654. The molecule has 1 amide bonds. The zero-order chi connectivity index (χ0) is 18.8. The Balaban J connectivity index is 1.48. The molecule has 0 radical (unpaired) electrons. The van der Waals surface area contributed by atoms with Gasteiger partial charge in [0, 0.05) is 41.0 Å². The fourth-order valence-corrected chi connectivity index (χ4v) is 5.14. The summed E-state index contributed by atoms with van der Waals surface area (Å²) in [6.45, 7) is 1.51. The molecule has 1 heterocycles. The largest absolute Gasteiger partial charge is 0.325 e. The molecular weight excluding hydrogens is 383 g/mol. The maximum Gasteiger partial charge on any atom is 0.237 e. The Morgan fingerprint density at radius 3 is 2.67 bits per heavy atom. The van der Waals surface area contributed by atoms with E-state index in [1.165, 1.54) is 6.07 Å². The lowest BCUT2D eigenvalue weighted by Gasteiger charge is -2.29. The summed E-state index contributed by atoms with van der Waals surface area (Å²) in [5.41, 5.74) is 1.64. The molecule has 27 heavy (non-hydrogen) atoms. The van der Waals surface area contributed by atoms with Crippen LogP contribution in [0.15, 0.2) is 48.5 Å². The topological polar surface area (TPSA) is 23.6 Å². The van der Waals surface area contributed by atoms with E-state index in [-0.39, 0.29) is 17.1 Å². The lowest BCUT2D eigenvalue weighted by atomic mass is 10.2. The first-order valence-electron chi connectivity index (χ1n) is 9.26. The number of hydrogen-bond donors (Lipinski definition) is 0. The smallest absolute Gasteiger partial charge is 0.237 e. The van der Waals surface area contributed by atoms with E-state index in [9.17, 15) is 9.18 Å². The second-order valence-corrected chi connectivity index (χ2v) is 8.65. The number of nitrogens with zero attached hydrogens (tertiary/aromatic N) is 2. The number of amides is 1. The summed E-state index contributed by atoms with van der Waals surface area (Å²) in [4.78, 5) is 17.1. The normalized spacial score (nSPS) is 19.7. The standard InChI is InChI=1S/C21H22ClFN2OS/c22-18-7-3-2-6-17(18)21-25(11-12-27-21)20(26)14-24(16-9-10-16)13-15-5-1-4-8-19(15)23/h1-8,16,21H,9-14H2/t21-/m0/s1. The van der Waals surface area contributed by atoms with Gasteiger partial charge in [-0.05, 0) is 25.0 Å². The third kappa shape index (κ3) is 4.31. The van der Waals surface area contributed by atoms with Crippen molar-refractivity contribution in [2.24, 2.45) is 0 Å². The van der Waals surface area contributed by atoms with Crippen LogP contribution in [-0.2, 0) is 11.3 Å². The molecule has 3 nitrogen and oxygen atoms in total. The van der Waals surface area contributed by atoms with E-state index in [1.54, 1.807) is 23.9 Å². The zero-order valence-corrected chi connectivity index (χ0v) is 16.6. The average molecular weight is 405 g/mol. The van der Waals surface area contributed by atoms with Crippen LogP contribution in [-0.4, -0.2) is 40.6 Å². The first kappa shape index (κ1) is 18.8. The third-order valence-corrected chi connectivity index (χ3v) is 6.70. The summed E-state index contributed by atoms with van der Waals surface area (Å²) in [6.07, 6.45) is 2.15. The molecule has 1 saturated carbocycles. The van der Waals surface area contributed by atoms with Crippen molar-refractivity contribution in [3.8, 4) is 0 Å². The average Bonchev–Trinajstić information content (AvgIpc) is 3.40. The third-order valence-electron chi connectivity index (χ3n) is 5.12. The SMILES string of the molecule is O=C(CN(Cc1ccccc1F)C1CC1)N1CCS[C@H]1c1ccccc1Cl. The molecule has 0 aromatic heterocycles. The summed E-state index contributed by atoms with van der Waals surface area (Å²) < 4.78 is 14.1. The fraction of sp³-hybridized carbons (Fsp3) is 0.381. The second-order valence-electron chi connectivity index (χ2n) is 7.06. The van der Waals surface area contributed by atoms with Crippen molar-refractivity contribution < 1.29 is 9.18 Å². The first-order chi connectivity index (χ1) is 13.1. The molecule has 4 rings (SSSR count). The molecular formula is C21H22ClFN2OS. The number of benzene rings is 2. The Hall–Kier alpha value is -1.56. The van der Waals surface area contributed by atoms with Gasteiger partial charge in [0.15, 0.2) is 0 Å². The molecule has 0 unspecified atom stereocenters. The number of carbonyl (C=O) groups excluding carboxylic acids is 1. The van der Waals surface area contributed by atoms with Crippen LogP contribution >= 0.6 is 23.4 Å². The second kappa shape index (κ2) is 8.21. The highest BCUT2D eigenvalue weighted by atomic mass is 35.5. The van der Waals surface area contributed by atoms with E-state index in [0.717, 1.165) is 30.7 Å². The van der Waals surface area contributed by atoms with Gasteiger partial charge in [0.2, 0.25) is 5.91 Å². The van der Waals surface area contributed by atoms with Crippen molar-refractivity contribution in [2.75, 3.05) is 18.8 Å². The van der Waals surface area contributed by atoms with Gasteiger partial charge < -0.3 is 4.90 Å². The maximum atomic E-state index is 14.1. The molecule has 0 N–H and O–H groups in total. The Labute approximate surface area is 168 Å². The van der Waals surface area contributed by atoms with Crippen molar-refractivity contribution in [3.05, 3.63) is 70.5 Å². The molecule has 0 bridgehead atoms. The predicted octanol–water partition coefficient (Wildman–Crippen LogP) is 4.72. The van der Waals surface area contributed by atoms with Crippen LogP contribution in [0.5, 0.6) is 0 Å². The highest BCUT2D eigenvalue weighted by molar-refractivity contribution is 7.99. The minimum Gasteiger partial charge on any atom is -0.325 e. The van der Waals surface area contributed by atoms with Gasteiger partial charge in [-0.15, -0.1) is 11.8 Å². The monoisotopic (exact) mass is 404 g/mol. The van der Waals surface area contributed by atoms with Crippen molar-refractivity contribution >= 4 is 29.3 Å². The van der Waals surface area contributed by atoms with E-state index in [0.29, 0.717) is 29.7 Å². The Morgan fingerprint density at radius 1 is 1.19 bits per heavy atom. The maximum absolute atomic E-state index is 14.1. The van der Waals surface area contributed by atoms with Crippen molar-refractivity contribution in [1.82, 2.24) is 9.80 Å². The van der Waals surface area contributed by atoms with Crippen molar-refractivity contribution in [1.29, 1.82) is 0 Å². The van der Waals surface area contributed by atoms with Crippen LogP contribution in [0.25, 0.3) is 0 Å². The molecule has 0 spiro atoms. The van der Waals surface area contributed by atoms with Gasteiger partial charge in [0.1, 0.15) is 11.2 Å². The molecule has 2 fully saturated rings. The van der Waals surface area contributed by atoms with E-state index in [2.05, 4.69) is 4.90 Å². The zero-order valence-electron chi connectivity index (χ0n) is 15.0. The van der Waals surface area contributed by atoms with Gasteiger partial charge >= 0.3 is 0 Å². The molecule has 1 saturated heterocycles. The number of hydrogen-bond acceptors (Lipinski definition) is 3.